The quantitative estimate of drug-likeness (QED) is 0.631. The molecule has 0 spiro atoms. The van der Waals surface area contributed by atoms with E-state index >= 15 is 0 Å². The summed E-state index contributed by atoms with van der Waals surface area (Å²) in [5.74, 6) is 0.535. The second kappa shape index (κ2) is 7.37. The Morgan fingerprint density at radius 3 is 2.43 bits per heavy atom. The van der Waals surface area contributed by atoms with E-state index in [1.54, 1.807) is 29.0 Å². The van der Waals surface area contributed by atoms with Crippen LogP contribution in [0.25, 0.3) is 22.3 Å². The minimum atomic E-state index is -4.42. The molecule has 146 valence electrons. The van der Waals surface area contributed by atoms with Gasteiger partial charge >= 0.3 is 6.18 Å². The Labute approximate surface area is 160 Å². The Balaban J connectivity index is 1.63. The highest BCUT2D eigenvalue weighted by molar-refractivity contribution is 5.80. The fourth-order valence-electron chi connectivity index (χ4n) is 3.81. The summed E-state index contributed by atoms with van der Waals surface area (Å²) in [6, 6.07) is 7.37. The molecule has 3 heterocycles. The fraction of sp³-hybridized carbons (Fsp3) is 0.381. The minimum Gasteiger partial charge on any atom is -0.315 e. The lowest BCUT2D eigenvalue weighted by Gasteiger charge is -2.22. The molecule has 0 N–H and O–H groups in total. The van der Waals surface area contributed by atoms with Gasteiger partial charge in [-0.25, -0.2) is 4.98 Å². The molecule has 7 heteroatoms. The van der Waals surface area contributed by atoms with E-state index in [1.807, 2.05) is 0 Å². The Bertz CT molecular complexity index is 1040. The van der Waals surface area contributed by atoms with E-state index in [0.717, 1.165) is 31.6 Å². The molecule has 28 heavy (non-hydrogen) atoms. The third-order valence-corrected chi connectivity index (χ3v) is 5.36. The molecule has 0 aromatic carbocycles. The zero-order valence-corrected chi connectivity index (χ0v) is 15.2. The number of hydrogen-bond acceptors (Lipinski definition) is 3. The molecule has 0 unspecified atom stereocenters. The van der Waals surface area contributed by atoms with Crippen LogP contribution in [-0.2, 0) is 12.7 Å². The van der Waals surface area contributed by atoms with Crippen LogP contribution >= 0.6 is 0 Å². The summed E-state index contributed by atoms with van der Waals surface area (Å²) < 4.78 is 39.8. The molecule has 1 fully saturated rings. The number of alkyl halides is 3. The molecule has 0 radical (unpaired) electrons. The predicted octanol–water partition coefficient (Wildman–Crippen LogP) is 5.06. The lowest BCUT2D eigenvalue weighted by atomic mass is 9.89. The fourth-order valence-corrected chi connectivity index (χ4v) is 3.81. The highest BCUT2D eigenvalue weighted by atomic mass is 19.4. The van der Waals surface area contributed by atoms with Gasteiger partial charge in [-0.2, -0.15) is 13.2 Å². The van der Waals surface area contributed by atoms with Gasteiger partial charge < -0.3 is 4.57 Å². The van der Waals surface area contributed by atoms with Crippen LogP contribution in [0.5, 0.6) is 0 Å². The number of hydrogen-bond donors (Lipinski definition) is 0. The van der Waals surface area contributed by atoms with E-state index in [4.69, 9.17) is 0 Å². The third kappa shape index (κ3) is 3.79. The average molecular weight is 387 g/mol. The van der Waals surface area contributed by atoms with Gasteiger partial charge in [-0.1, -0.05) is 19.3 Å². The number of fused-ring (bicyclic) bond motifs is 1. The smallest absolute Gasteiger partial charge is 0.315 e. The summed E-state index contributed by atoms with van der Waals surface area (Å²) in [5, 5.41) is 0.508. The van der Waals surface area contributed by atoms with Crippen LogP contribution in [0.4, 0.5) is 13.2 Å². The summed E-state index contributed by atoms with van der Waals surface area (Å²) in [6.45, 7) is 0.719. The highest BCUT2D eigenvalue weighted by Crippen LogP contribution is 2.29. The van der Waals surface area contributed by atoms with Gasteiger partial charge in [0, 0.05) is 18.9 Å². The van der Waals surface area contributed by atoms with E-state index in [-0.39, 0.29) is 5.56 Å². The maximum atomic E-state index is 12.8. The van der Waals surface area contributed by atoms with Crippen molar-refractivity contribution < 1.29 is 13.2 Å². The summed E-state index contributed by atoms with van der Waals surface area (Å²) in [6.07, 6.45) is 4.15. The predicted molar refractivity (Wildman–Crippen MR) is 101 cm³/mol. The number of halogens is 3. The van der Waals surface area contributed by atoms with Crippen molar-refractivity contribution in [1.82, 2.24) is 14.5 Å². The van der Waals surface area contributed by atoms with Gasteiger partial charge in [-0.3, -0.25) is 9.78 Å². The Morgan fingerprint density at radius 1 is 1.00 bits per heavy atom. The number of rotatable bonds is 3. The van der Waals surface area contributed by atoms with Crippen molar-refractivity contribution in [2.75, 3.05) is 0 Å². The van der Waals surface area contributed by atoms with Crippen molar-refractivity contribution in [1.29, 1.82) is 0 Å². The zero-order valence-electron chi connectivity index (χ0n) is 15.2. The molecule has 4 rings (SSSR count). The van der Waals surface area contributed by atoms with Crippen molar-refractivity contribution in [3.05, 3.63) is 58.6 Å². The van der Waals surface area contributed by atoms with E-state index < -0.39 is 11.7 Å². The normalized spacial score (nSPS) is 15.8. The molecular weight excluding hydrogens is 367 g/mol. The molecule has 0 bridgehead atoms. The molecule has 0 aliphatic heterocycles. The summed E-state index contributed by atoms with van der Waals surface area (Å²) in [7, 11) is 0. The average Bonchev–Trinajstić information content (AvgIpc) is 2.70. The van der Waals surface area contributed by atoms with Gasteiger partial charge in [0.25, 0.3) is 5.56 Å². The Hall–Kier alpha value is -2.70. The van der Waals surface area contributed by atoms with E-state index in [9.17, 15) is 18.0 Å². The molecule has 0 saturated heterocycles. The minimum absolute atomic E-state index is 0.0810. The maximum Gasteiger partial charge on any atom is 0.417 e. The second-order valence-corrected chi connectivity index (χ2v) is 7.34. The molecule has 0 amide bonds. The SMILES string of the molecule is O=c1c2ccc(-c3ccc(C(F)(F)F)cn3)nc2ccn1CC1CCCCC1. The molecule has 1 aliphatic carbocycles. The van der Waals surface area contributed by atoms with Crippen molar-refractivity contribution in [2.24, 2.45) is 5.92 Å². The lowest BCUT2D eigenvalue weighted by Crippen LogP contribution is -2.24. The molecule has 3 aromatic heterocycles. The summed E-state index contributed by atoms with van der Waals surface area (Å²) in [5.41, 5.74) is 0.404. The Morgan fingerprint density at radius 2 is 1.75 bits per heavy atom. The van der Waals surface area contributed by atoms with Crippen LogP contribution in [-0.4, -0.2) is 14.5 Å². The van der Waals surface area contributed by atoms with Crippen molar-refractivity contribution in [3.8, 4) is 11.4 Å². The molecule has 0 atom stereocenters. The molecule has 1 saturated carbocycles. The molecular formula is C21H20F3N3O. The summed E-state index contributed by atoms with van der Waals surface area (Å²) >= 11 is 0. The second-order valence-electron chi connectivity index (χ2n) is 7.34. The number of pyridine rings is 3. The monoisotopic (exact) mass is 387 g/mol. The highest BCUT2D eigenvalue weighted by Gasteiger charge is 2.30. The van der Waals surface area contributed by atoms with Crippen LogP contribution in [0.3, 0.4) is 0 Å². The third-order valence-electron chi connectivity index (χ3n) is 5.36. The van der Waals surface area contributed by atoms with Crippen molar-refractivity contribution >= 4 is 10.9 Å². The number of aromatic nitrogens is 3. The lowest BCUT2D eigenvalue weighted by molar-refractivity contribution is -0.137. The van der Waals surface area contributed by atoms with Gasteiger partial charge in [0.05, 0.1) is 27.9 Å². The van der Waals surface area contributed by atoms with Gasteiger partial charge in [-0.15, -0.1) is 0 Å². The first-order valence-electron chi connectivity index (χ1n) is 9.45. The van der Waals surface area contributed by atoms with Crippen molar-refractivity contribution in [3.63, 3.8) is 0 Å². The maximum absolute atomic E-state index is 12.8. The zero-order chi connectivity index (χ0) is 19.7. The summed E-state index contributed by atoms with van der Waals surface area (Å²) in [4.78, 5) is 21.1. The number of nitrogens with zero attached hydrogens (tertiary/aromatic N) is 3. The van der Waals surface area contributed by atoms with Gasteiger partial charge in [0.2, 0.25) is 0 Å². The van der Waals surface area contributed by atoms with Gasteiger partial charge in [0.1, 0.15) is 0 Å². The van der Waals surface area contributed by atoms with Crippen LogP contribution in [0.2, 0.25) is 0 Å². The van der Waals surface area contributed by atoms with Crippen LogP contribution in [0.15, 0.2) is 47.5 Å². The molecule has 4 nitrogen and oxygen atoms in total. The molecule has 3 aromatic rings. The Kier molecular flexibility index (Phi) is 4.91. The van der Waals surface area contributed by atoms with E-state index in [2.05, 4.69) is 9.97 Å². The first-order valence-corrected chi connectivity index (χ1v) is 9.45. The van der Waals surface area contributed by atoms with Gasteiger partial charge in [0.15, 0.2) is 0 Å². The van der Waals surface area contributed by atoms with E-state index in [1.165, 1.54) is 25.3 Å². The van der Waals surface area contributed by atoms with E-state index in [0.29, 0.717) is 28.2 Å². The van der Waals surface area contributed by atoms with Crippen LogP contribution < -0.4 is 5.56 Å². The van der Waals surface area contributed by atoms with Crippen molar-refractivity contribution in [2.45, 2.75) is 44.8 Å². The molecule has 1 aliphatic rings. The topological polar surface area (TPSA) is 47.8 Å². The van der Waals surface area contributed by atoms with Gasteiger partial charge in [-0.05, 0) is 49.1 Å². The standard InChI is InChI=1S/C21H20F3N3O/c22-21(23,24)15-6-8-18(25-12-15)19-9-7-16-17(26-19)10-11-27(20(16)28)13-14-4-2-1-3-5-14/h6-12,14H,1-5,13H2. The largest absolute Gasteiger partial charge is 0.417 e. The first-order chi connectivity index (χ1) is 13.4. The van der Waals surface area contributed by atoms with Crippen LogP contribution in [0, 0.1) is 5.92 Å². The first kappa shape index (κ1) is 18.7. The van der Waals surface area contributed by atoms with Crippen LogP contribution in [0.1, 0.15) is 37.7 Å².